The first-order valence-electron chi connectivity index (χ1n) is 6.37. The standard InChI is InChI=1S/C13H15ClN4OS/c14-11-5-12(17-13(15)16-11)18(10-4-8(10)7-19)6-9-2-1-3-20-9/h1-3,5,8,10,19H,4,6-7H2,(H2,15,16,17)/t8-,10?/m0/s1. The van der Waals surface area contributed by atoms with E-state index in [1.165, 1.54) is 4.88 Å². The lowest BCUT2D eigenvalue weighted by molar-refractivity contribution is 0.273. The molecule has 3 N–H and O–H groups in total. The van der Waals surface area contributed by atoms with Crippen LogP contribution in [0.5, 0.6) is 0 Å². The predicted molar refractivity (Wildman–Crippen MR) is 80.9 cm³/mol. The molecule has 0 radical (unpaired) electrons. The van der Waals surface area contributed by atoms with E-state index in [0.717, 1.165) is 18.8 Å². The third-order valence-corrected chi connectivity index (χ3v) is 4.47. The number of rotatable bonds is 5. The minimum Gasteiger partial charge on any atom is -0.396 e. The number of aromatic nitrogens is 2. The number of hydrogen-bond donors (Lipinski definition) is 2. The van der Waals surface area contributed by atoms with Gasteiger partial charge in [0.1, 0.15) is 11.0 Å². The summed E-state index contributed by atoms with van der Waals surface area (Å²) in [6, 6.07) is 6.11. The van der Waals surface area contributed by atoms with Gasteiger partial charge in [-0.1, -0.05) is 17.7 Å². The van der Waals surface area contributed by atoms with Crippen molar-refractivity contribution >= 4 is 34.7 Å². The second-order valence-corrected chi connectivity index (χ2v) is 6.28. The van der Waals surface area contributed by atoms with Crippen molar-refractivity contribution < 1.29 is 5.11 Å². The average molecular weight is 311 g/mol. The van der Waals surface area contributed by atoms with Gasteiger partial charge in [0.2, 0.25) is 5.95 Å². The monoisotopic (exact) mass is 310 g/mol. The average Bonchev–Trinajstić information content (AvgIpc) is 3.00. The van der Waals surface area contributed by atoms with Crippen molar-refractivity contribution in [1.29, 1.82) is 0 Å². The highest BCUT2D eigenvalue weighted by atomic mass is 35.5. The molecular weight excluding hydrogens is 296 g/mol. The van der Waals surface area contributed by atoms with Crippen molar-refractivity contribution in [2.24, 2.45) is 5.92 Å². The Hall–Kier alpha value is -1.37. The fraction of sp³-hybridized carbons (Fsp3) is 0.385. The molecule has 0 aliphatic heterocycles. The summed E-state index contributed by atoms with van der Waals surface area (Å²) in [5.74, 6) is 1.19. The topological polar surface area (TPSA) is 75.3 Å². The molecule has 5 nitrogen and oxygen atoms in total. The van der Waals surface area contributed by atoms with Crippen LogP contribution in [-0.4, -0.2) is 27.7 Å². The number of aliphatic hydroxyl groups is 1. The van der Waals surface area contributed by atoms with E-state index in [1.807, 2.05) is 11.4 Å². The van der Waals surface area contributed by atoms with E-state index in [2.05, 4.69) is 20.9 Å². The predicted octanol–water partition coefficient (Wildman–Crippen LogP) is 2.16. The van der Waals surface area contributed by atoms with Crippen molar-refractivity contribution in [3.05, 3.63) is 33.6 Å². The van der Waals surface area contributed by atoms with Crippen LogP contribution in [0.4, 0.5) is 11.8 Å². The van der Waals surface area contributed by atoms with Gasteiger partial charge in [0.05, 0.1) is 6.54 Å². The van der Waals surface area contributed by atoms with Gasteiger partial charge < -0.3 is 15.7 Å². The summed E-state index contributed by atoms with van der Waals surface area (Å²) in [4.78, 5) is 11.6. The van der Waals surface area contributed by atoms with Gasteiger partial charge in [-0.25, -0.2) is 4.98 Å². The summed E-state index contributed by atoms with van der Waals surface area (Å²) in [5.41, 5.74) is 5.68. The normalized spacial score (nSPS) is 20.9. The van der Waals surface area contributed by atoms with Gasteiger partial charge in [-0.15, -0.1) is 11.3 Å². The molecule has 0 amide bonds. The van der Waals surface area contributed by atoms with Crippen molar-refractivity contribution in [2.75, 3.05) is 17.2 Å². The highest BCUT2D eigenvalue weighted by molar-refractivity contribution is 7.09. The van der Waals surface area contributed by atoms with Gasteiger partial charge in [-0.3, -0.25) is 0 Å². The molecule has 2 aromatic rings. The maximum absolute atomic E-state index is 9.30. The molecule has 0 saturated heterocycles. The summed E-state index contributed by atoms with van der Waals surface area (Å²) in [6.45, 7) is 0.936. The van der Waals surface area contributed by atoms with Crippen molar-refractivity contribution in [3.8, 4) is 0 Å². The molecule has 20 heavy (non-hydrogen) atoms. The van der Waals surface area contributed by atoms with Gasteiger partial charge in [-0.2, -0.15) is 4.98 Å². The fourth-order valence-electron chi connectivity index (χ4n) is 2.32. The van der Waals surface area contributed by atoms with E-state index in [9.17, 15) is 5.11 Å². The van der Waals surface area contributed by atoms with Gasteiger partial charge in [0.15, 0.2) is 0 Å². The fourth-order valence-corrected chi connectivity index (χ4v) is 3.21. The molecule has 1 aliphatic carbocycles. The Bertz CT molecular complexity index is 572. The smallest absolute Gasteiger partial charge is 0.223 e. The maximum Gasteiger partial charge on any atom is 0.223 e. The number of thiophene rings is 1. The number of nitrogen functional groups attached to an aromatic ring is 1. The lowest BCUT2D eigenvalue weighted by Gasteiger charge is -2.23. The van der Waals surface area contributed by atoms with Crippen molar-refractivity contribution in [2.45, 2.75) is 19.0 Å². The molecule has 3 rings (SSSR count). The van der Waals surface area contributed by atoms with Crippen LogP contribution in [0.25, 0.3) is 0 Å². The zero-order chi connectivity index (χ0) is 14.1. The van der Waals surface area contributed by atoms with Crippen molar-refractivity contribution in [1.82, 2.24) is 9.97 Å². The number of anilines is 2. The van der Waals surface area contributed by atoms with Crippen molar-refractivity contribution in [3.63, 3.8) is 0 Å². The van der Waals surface area contributed by atoms with Crippen LogP contribution in [-0.2, 0) is 6.54 Å². The number of hydrogen-bond acceptors (Lipinski definition) is 6. The molecule has 2 atom stereocenters. The highest BCUT2D eigenvalue weighted by Gasteiger charge is 2.42. The molecular formula is C13H15ClN4OS. The van der Waals surface area contributed by atoms with Gasteiger partial charge in [-0.05, 0) is 17.9 Å². The molecule has 7 heteroatoms. The molecule has 1 unspecified atom stereocenters. The third-order valence-electron chi connectivity index (χ3n) is 3.42. The van der Waals surface area contributed by atoms with Crippen LogP contribution in [0.2, 0.25) is 5.15 Å². The minimum atomic E-state index is 0.171. The zero-order valence-corrected chi connectivity index (χ0v) is 12.3. The van der Waals surface area contributed by atoms with Crippen LogP contribution in [0.15, 0.2) is 23.6 Å². The van der Waals surface area contributed by atoms with Crippen LogP contribution in [0.1, 0.15) is 11.3 Å². The molecule has 0 aromatic carbocycles. The number of nitrogens with zero attached hydrogens (tertiary/aromatic N) is 3. The second kappa shape index (κ2) is 5.55. The summed E-state index contributed by atoms with van der Waals surface area (Å²) in [6.07, 6.45) is 0.962. The quantitative estimate of drug-likeness (QED) is 0.828. The van der Waals surface area contributed by atoms with E-state index in [-0.39, 0.29) is 18.6 Å². The molecule has 2 heterocycles. The molecule has 2 aromatic heterocycles. The first-order chi connectivity index (χ1) is 9.67. The SMILES string of the molecule is Nc1nc(Cl)cc(N(Cc2cccs2)C2C[C@H]2CO)n1. The third kappa shape index (κ3) is 2.87. The molecule has 0 bridgehead atoms. The Morgan fingerprint density at radius 1 is 1.50 bits per heavy atom. The minimum absolute atomic E-state index is 0.171. The first-order valence-corrected chi connectivity index (χ1v) is 7.63. The van der Waals surface area contributed by atoms with E-state index in [0.29, 0.717) is 11.1 Å². The molecule has 1 saturated carbocycles. The maximum atomic E-state index is 9.30. The summed E-state index contributed by atoms with van der Waals surface area (Å²) >= 11 is 7.66. The van der Waals surface area contributed by atoms with Gasteiger partial charge in [0.25, 0.3) is 0 Å². The largest absolute Gasteiger partial charge is 0.396 e. The number of halogens is 1. The lowest BCUT2D eigenvalue weighted by Crippen LogP contribution is -2.28. The zero-order valence-electron chi connectivity index (χ0n) is 10.7. The van der Waals surface area contributed by atoms with Crippen LogP contribution in [0, 0.1) is 5.92 Å². The first kappa shape index (κ1) is 13.6. The number of nitrogens with two attached hydrogens (primary N) is 1. The van der Waals surface area contributed by atoms with Gasteiger partial charge in [0, 0.05) is 29.5 Å². The van der Waals surface area contributed by atoms with E-state index in [1.54, 1.807) is 17.4 Å². The Morgan fingerprint density at radius 2 is 2.35 bits per heavy atom. The van der Waals surface area contributed by atoms with Crippen LogP contribution in [0.3, 0.4) is 0 Å². The van der Waals surface area contributed by atoms with Crippen LogP contribution >= 0.6 is 22.9 Å². The Kier molecular flexibility index (Phi) is 3.78. The van der Waals surface area contributed by atoms with Crippen LogP contribution < -0.4 is 10.6 Å². The van der Waals surface area contributed by atoms with Gasteiger partial charge >= 0.3 is 0 Å². The Morgan fingerprint density at radius 3 is 2.95 bits per heavy atom. The Balaban J connectivity index is 1.88. The second-order valence-electron chi connectivity index (χ2n) is 4.86. The highest BCUT2D eigenvalue weighted by Crippen LogP contribution is 2.39. The van der Waals surface area contributed by atoms with E-state index < -0.39 is 0 Å². The summed E-state index contributed by atoms with van der Waals surface area (Å²) in [7, 11) is 0. The molecule has 0 spiro atoms. The Labute approximate surface area is 126 Å². The lowest BCUT2D eigenvalue weighted by atomic mass is 10.3. The number of aliphatic hydroxyl groups excluding tert-OH is 1. The molecule has 106 valence electrons. The summed E-state index contributed by atoms with van der Waals surface area (Å²) in [5, 5.41) is 11.7. The molecule has 1 fully saturated rings. The van der Waals surface area contributed by atoms with E-state index >= 15 is 0 Å². The summed E-state index contributed by atoms with van der Waals surface area (Å²) < 4.78 is 0. The molecule has 1 aliphatic rings. The van der Waals surface area contributed by atoms with E-state index in [4.69, 9.17) is 17.3 Å².